The molecule has 148 valence electrons. The van der Waals surface area contributed by atoms with Crippen LogP contribution in [0.3, 0.4) is 0 Å². The quantitative estimate of drug-likeness (QED) is 0.470. The van der Waals surface area contributed by atoms with Gasteiger partial charge in [0.05, 0.1) is 11.8 Å². The molecule has 1 heterocycles. The number of para-hydroxylation sites is 1. The molecule has 0 bridgehead atoms. The van der Waals surface area contributed by atoms with Crippen molar-refractivity contribution in [3.05, 3.63) is 52.5 Å². The van der Waals surface area contributed by atoms with Crippen molar-refractivity contribution in [1.29, 1.82) is 0 Å². The number of benzene rings is 2. The first-order valence-electron chi connectivity index (χ1n) is 9.30. The Morgan fingerprint density at radius 2 is 1.89 bits per heavy atom. The van der Waals surface area contributed by atoms with Gasteiger partial charge < -0.3 is 9.64 Å². The summed E-state index contributed by atoms with van der Waals surface area (Å²) in [5.41, 5.74) is 1.43. The van der Waals surface area contributed by atoms with Crippen molar-refractivity contribution < 1.29 is 9.53 Å². The average molecular weight is 462 g/mol. The summed E-state index contributed by atoms with van der Waals surface area (Å²) in [7, 11) is 1.64. The van der Waals surface area contributed by atoms with Crippen LogP contribution in [-0.4, -0.2) is 49.1 Å². The minimum absolute atomic E-state index is 0.0496. The van der Waals surface area contributed by atoms with E-state index in [1.54, 1.807) is 12.0 Å². The van der Waals surface area contributed by atoms with Gasteiger partial charge in [-0.25, -0.2) is 4.98 Å². The number of amides is 1. The van der Waals surface area contributed by atoms with E-state index in [1.807, 2.05) is 42.5 Å². The Morgan fingerprint density at radius 1 is 1.14 bits per heavy atom. The molecule has 0 aliphatic heterocycles. The fraction of sp³-hybridized carbons (Fsp3) is 0.333. The predicted octanol–water partition coefficient (Wildman–Crippen LogP) is 5.06. The summed E-state index contributed by atoms with van der Waals surface area (Å²) in [6.07, 6.45) is 0. The third-order valence-corrected chi connectivity index (χ3v) is 6.21. The Bertz CT molecular complexity index is 956. The summed E-state index contributed by atoms with van der Waals surface area (Å²) in [6, 6.07) is 13.3. The highest BCUT2D eigenvalue weighted by Gasteiger charge is 2.23. The molecule has 7 heteroatoms. The molecular formula is C21H24BrN3O2S. The topological polar surface area (TPSA) is 45.7 Å². The minimum atomic E-state index is -0.0496. The van der Waals surface area contributed by atoms with Crippen molar-refractivity contribution in [2.24, 2.45) is 0 Å². The number of nitrogens with zero attached hydrogens (tertiary/aromatic N) is 3. The van der Waals surface area contributed by atoms with E-state index in [9.17, 15) is 4.79 Å². The van der Waals surface area contributed by atoms with Gasteiger partial charge in [-0.2, -0.15) is 0 Å². The summed E-state index contributed by atoms with van der Waals surface area (Å²) in [5, 5.41) is 0.691. The Morgan fingerprint density at radius 3 is 2.57 bits per heavy atom. The summed E-state index contributed by atoms with van der Waals surface area (Å²) < 4.78 is 7.33. The highest BCUT2D eigenvalue weighted by atomic mass is 79.9. The highest BCUT2D eigenvalue weighted by Crippen LogP contribution is 2.34. The lowest BCUT2D eigenvalue weighted by atomic mass is 10.2. The molecule has 1 aromatic heterocycles. The third kappa shape index (κ3) is 4.54. The van der Waals surface area contributed by atoms with Gasteiger partial charge >= 0.3 is 0 Å². The van der Waals surface area contributed by atoms with Gasteiger partial charge in [-0.1, -0.05) is 53.2 Å². The van der Waals surface area contributed by atoms with E-state index in [0.717, 1.165) is 40.1 Å². The van der Waals surface area contributed by atoms with E-state index in [0.29, 0.717) is 17.2 Å². The van der Waals surface area contributed by atoms with E-state index in [-0.39, 0.29) is 5.91 Å². The first kappa shape index (κ1) is 20.8. The van der Waals surface area contributed by atoms with Gasteiger partial charge in [0.1, 0.15) is 11.3 Å². The number of likely N-dealkylation sites (N-methyl/N-ethyl adjacent to an activating group) is 1. The number of halogens is 1. The van der Waals surface area contributed by atoms with Gasteiger partial charge in [0.15, 0.2) is 5.13 Å². The number of anilines is 1. The van der Waals surface area contributed by atoms with Crippen LogP contribution in [0.5, 0.6) is 5.75 Å². The fourth-order valence-corrected chi connectivity index (χ4v) is 4.44. The average Bonchev–Trinajstić information content (AvgIpc) is 3.14. The number of thiazole rings is 1. The monoisotopic (exact) mass is 461 g/mol. The normalized spacial score (nSPS) is 11.2. The van der Waals surface area contributed by atoms with Crippen LogP contribution in [0.1, 0.15) is 24.2 Å². The van der Waals surface area contributed by atoms with Crippen molar-refractivity contribution >= 4 is 48.5 Å². The van der Waals surface area contributed by atoms with Crippen LogP contribution in [0.4, 0.5) is 5.13 Å². The second kappa shape index (κ2) is 9.49. The number of carbonyl (C=O) groups excluding carboxylic acids is 1. The molecule has 0 aliphatic rings. The summed E-state index contributed by atoms with van der Waals surface area (Å²) in [5.74, 6) is 0.671. The lowest BCUT2D eigenvalue weighted by Gasteiger charge is -2.24. The molecule has 0 radical (unpaired) electrons. The molecule has 5 nitrogen and oxygen atoms in total. The van der Waals surface area contributed by atoms with Gasteiger partial charge in [0, 0.05) is 23.1 Å². The molecule has 0 N–H and O–H groups in total. The van der Waals surface area contributed by atoms with E-state index >= 15 is 0 Å². The summed E-state index contributed by atoms with van der Waals surface area (Å²) in [4.78, 5) is 22.2. The first-order chi connectivity index (χ1) is 13.6. The van der Waals surface area contributed by atoms with E-state index in [1.165, 1.54) is 11.3 Å². The molecule has 0 saturated heterocycles. The van der Waals surface area contributed by atoms with Gasteiger partial charge in [0.2, 0.25) is 0 Å². The third-order valence-electron chi connectivity index (χ3n) is 4.67. The molecule has 0 spiro atoms. The zero-order valence-electron chi connectivity index (χ0n) is 16.3. The van der Waals surface area contributed by atoms with Crippen molar-refractivity contribution in [2.45, 2.75) is 13.8 Å². The Balaban J connectivity index is 1.99. The van der Waals surface area contributed by atoms with Crippen LogP contribution >= 0.6 is 27.3 Å². The minimum Gasteiger partial charge on any atom is -0.494 e. The second-order valence-corrected chi connectivity index (χ2v) is 8.22. The van der Waals surface area contributed by atoms with E-state index in [4.69, 9.17) is 9.72 Å². The summed E-state index contributed by atoms with van der Waals surface area (Å²) in [6.45, 7) is 7.53. The zero-order chi connectivity index (χ0) is 20.1. The van der Waals surface area contributed by atoms with Gasteiger partial charge in [-0.15, -0.1) is 0 Å². The molecule has 1 amide bonds. The van der Waals surface area contributed by atoms with Crippen LogP contribution in [0.2, 0.25) is 0 Å². The van der Waals surface area contributed by atoms with Crippen molar-refractivity contribution in [3.8, 4) is 5.75 Å². The first-order valence-corrected chi connectivity index (χ1v) is 10.9. The maximum absolute atomic E-state index is 13.3. The highest BCUT2D eigenvalue weighted by molar-refractivity contribution is 9.10. The number of ether oxygens (including phenoxy) is 1. The van der Waals surface area contributed by atoms with Crippen LogP contribution < -0.4 is 9.64 Å². The summed E-state index contributed by atoms with van der Waals surface area (Å²) >= 11 is 4.97. The second-order valence-electron chi connectivity index (χ2n) is 6.30. The molecule has 3 aromatic rings. The number of aromatic nitrogens is 1. The van der Waals surface area contributed by atoms with Gasteiger partial charge in [-0.3, -0.25) is 9.69 Å². The predicted molar refractivity (Wildman–Crippen MR) is 120 cm³/mol. The molecule has 0 aliphatic carbocycles. The molecule has 28 heavy (non-hydrogen) atoms. The zero-order valence-corrected chi connectivity index (χ0v) is 18.7. The molecule has 0 unspecified atom stereocenters. The van der Waals surface area contributed by atoms with Crippen LogP contribution in [-0.2, 0) is 0 Å². The molecule has 0 saturated carbocycles. The van der Waals surface area contributed by atoms with Gasteiger partial charge in [0.25, 0.3) is 5.91 Å². The molecule has 0 fully saturated rings. The van der Waals surface area contributed by atoms with Crippen molar-refractivity contribution in [3.63, 3.8) is 0 Å². The van der Waals surface area contributed by atoms with Crippen LogP contribution in [0, 0.1) is 0 Å². The fourth-order valence-electron chi connectivity index (χ4n) is 3.03. The number of fused-ring (bicyclic) bond motifs is 1. The molecule has 3 rings (SSSR count). The Hall–Kier alpha value is -1.96. The van der Waals surface area contributed by atoms with Crippen LogP contribution in [0.25, 0.3) is 10.2 Å². The maximum Gasteiger partial charge on any atom is 0.260 e. The smallest absolute Gasteiger partial charge is 0.260 e. The molecule has 2 aromatic carbocycles. The lowest BCUT2D eigenvalue weighted by Crippen LogP contribution is -2.38. The number of carbonyl (C=O) groups is 1. The molecular weight excluding hydrogens is 438 g/mol. The number of methoxy groups -OCH3 is 1. The maximum atomic E-state index is 13.3. The standard InChI is InChI=1S/C21H24BrN3O2S/c1-4-24(5-2)12-13-25(20(26)15-8-6-9-16(22)14-15)21-23-19-17(27-3)10-7-11-18(19)28-21/h6-11,14H,4-5,12-13H2,1-3H3. The Kier molecular flexibility index (Phi) is 7.04. The van der Waals surface area contributed by atoms with Crippen molar-refractivity contribution in [1.82, 2.24) is 9.88 Å². The van der Waals surface area contributed by atoms with E-state index in [2.05, 4.69) is 34.7 Å². The molecule has 0 atom stereocenters. The van der Waals surface area contributed by atoms with Crippen molar-refractivity contribution in [2.75, 3.05) is 38.2 Å². The number of hydrogen-bond donors (Lipinski definition) is 0. The number of rotatable bonds is 8. The van der Waals surface area contributed by atoms with Crippen LogP contribution in [0.15, 0.2) is 46.9 Å². The van der Waals surface area contributed by atoms with Gasteiger partial charge in [-0.05, 0) is 43.4 Å². The number of hydrogen-bond acceptors (Lipinski definition) is 5. The largest absolute Gasteiger partial charge is 0.494 e. The Labute approximate surface area is 178 Å². The van der Waals surface area contributed by atoms with E-state index < -0.39 is 0 Å². The lowest BCUT2D eigenvalue weighted by molar-refractivity contribution is 0.0983. The SMILES string of the molecule is CCN(CC)CCN(C(=O)c1cccc(Br)c1)c1nc2c(OC)cccc2s1.